The Morgan fingerprint density at radius 1 is 0.857 bits per heavy atom. The summed E-state index contributed by atoms with van der Waals surface area (Å²) in [6, 6.07) is 11.3. The fourth-order valence-corrected chi connectivity index (χ4v) is 3.13. The van der Waals surface area contributed by atoms with Crippen LogP contribution >= 0.6 is 0 Å². The van der Waals surface area contributed by atoms with Crippen molar-refractivity contribution in [2.24, 2.45) is 0 Å². The number of carbonyl (C=O) groups is 1. The van der Waals surface area contributed by atoms with Gasteiger partial charge in [0, 0.05) is 51.3 Å². The molecule has 0 N–H and O–H groups in total. The Balaban J connectivity index is 1.39. The van der Waals surface area contributed by atoms with Gasteiger partial charge < -0.3 is 14.7 Å². The summed E-state index contributed by atoms with van der Waals surface area (Å²) in [5, 5.41) is 0. The van der Waals surface area contributed by atoms with Crippen LogP contribution in [-0.4, -0.2) is 59.1 Å². The van der Waals surface area contributed by atoms with E-state index in [9.17, 15) is 4.79 Å². The third kappa shape index (κ3) is 3.75. The van der Waals surface area contributed by atoms with Gasteiger partial charge >= 0.3 is 0 Å². The van der Waals surface area contributed by atoms with Gasteiger partial charge in [-0.1, -0.05) is 18.2 Å². The molecule has 2 aromatic heterocycles. The molecular weight excluding hydrogens is 354 g/mol. The molecule has 0 bridgehead atoms. The van der Waals surface area contributed by atoms with Crippen molar-refractivity contribution in [3.8, 4) is 0 Å². The van der Waals surface area contributed by atoms with E-state index in [1.807, 2.05) is 36.4 Å². The minimum Gasteiger partial charge on any atom is -0.352 e. The van der Waals surface area contributed by atoms with Gasteiger partial charge in [-0.25, -0.2) is 19.9 Å². The summed E-state index contributed by atoms with van der Waals surface area (Å²) in [6.45, 7) is 3.21. The van der Waals surface area contributed by atoms with Crippen LogP contribution in [-0.2, 0) is 0 Å². The van der Waals surface area contributed by atoms with E-state index in [0.29, 0.717) is 5.69 Å². The van der Waals surface area contributed by atoms with Crippen molar-refractivity contribution >= 4 is 23.4 Å². The molecule has 0 saturated carbocycles. The van der Waals surface area contributed by atoms with Gasteiger partial charge in [-0.2, -0.15) is 0 Å². The molecule has 0 aliphatic carbocycles. The molecule has 8 heteroatoms. The van der Waals surface area contributed by atoms with Crippen molar-refractivity contribution in [1.29, 1.82) is 0 Å². The van der Waals surface area contributed by atoms with Crippen molar-refractivity contribution in [1.82, 2.24) is 19.9 Å². The molecule has 0 radical (unpaired) electrons. The first kappa shape index (κ1) is 17.8. The van der Waals surface area contributed by atoms with Gasteiger partial charge in [0.15, 0.2) is 0 Å². The van der Waals surface area contributed by atoms with E-state index in [-0.39, 0.29) is 5.91 Å². The second-order valence-electron chi connectivity index (χ2n) is 6.48. The van der Waals surface area contributed by atoms with Gasteiger partial charge in [-0.15, -0.1) is 0 Å². The van der Waals surface area contributed by atoms with Crippen molar-refractivity contribution in [3.63, 3.8) is 0 Å². The lowest BCUT2D eigenvalue weighted by atomic mass is 10.3. The zero-order valence-electron chi connectivity index (χ0n) is 15.6. The molecular formula is C20H21N7O. The summed E-state index contributed by atoms with van der Waals surface area (Å²) in [6.07, 6.45) is 6.72. The van der Waals surface area contributed by atoms with Crippen molar-refractivity contribution in [2.75, 3.05) is 47.9 Å². The van der Waals surface area contributed by atoms with Gasteiger partial charge in [0.25, 0.3) is 5.91 Å². The number of piperazine rings is 1. The van der Waals surface area contributed by atoms with Gasteiger partial charge in [0.1, 0.15) is 11.5 Å². The van der Waals surface area contributed by atoms with Gasteiger partial charge in [-0.05, 0) is 18.2 Å². The Labute approximate surface area is 163 Å². The fraction of sp³-hybridized carbons (Fsp3) is 0.250. The first-order chi connectivity index (χ1) is 13.7. The molecule has 142 valence electrons. The summed E-state index contributed by atoms with van der Waals surface area (Å²) in [7, 11) is 1.73. The summed E-state index contributed by atoms with van der Waals surface area (Å²) >= 11 is 0. The molecule has 8 nitrogen and oxygen atoms in total. The molecule has 1 aliphatic heterocycles. The lowest BCUT2D eigenvalue weighted by Crippen LogP contribution is -2.47. The molecule has 3 heterocycles. The zero-order chi connectivity index (χ0) is 19.3. The largest absolute Gasteiger partial charge is 0.352 e. The SMILES string of the molecule is CN(C(=O)c1cnc(N2CCN(c3ncccn3)CC2)cn1)c1ccccc1. The van der Waals surface area contributed by atoms with Crippen molar-refractivity contribution in [3.05, 3.63) is 66.9 Å². The van der Waals surface area contributed by atoms with Crippen LogP contribution in [0.5, 0.6) is 0 Å². The van der Waals surface area contributed by atoms with Gasteiger partial charge in [0.2, 0.25) is 5.95 Å². The highest BCUT2D eigenvalue weighted by Gasteiger charge is 2.21. The average molecular weight is 375 g/mol. The maximum absolute atomic E-state index is 12.6. The highest BCUT2D eigenvalue weighted by molar-refractivity contribution is 6.04. The number of benzene rings is 1. The lowest BCUT2D eigenvalue weighted by molar-refractivity contribution is 0.0988. The highest BCUT2D eigenvalue weighted by atomic mass is 16.2. The Hall–Kier alpha value is -3.55. The third-order valence-electron chi connectivity index (χ3n) is 4.74. The quantitative estimate of drug-likeness (QED) is 0.689. The molecule has 3 aromatic rings. The van der Waals surface area contributed by atoms with Gasteiger partial charge in [-0.3, -0.25) is 4.79 Å². The Bertz CT molecular complexity index is 910. The smallest absolute Gasteiger partial charge is 0.278 e. The number of para-hydroxylation sites is 1. The minimum atomic E-state index is -0.184. The van der Waals surface area contributed by atoms with Crippen molar-refractivity contribution < 1.29 is 4.79 Å². The number of hydrogen-bond acceptors (Lipinski definition) is 7. The van der Waals surface area contributed by atoms with E-state index in [0.717, 1.165) is 43.6 Å². The first-order valence-corrected chi connectivity index (χ1v) is 9.14. The normalized spacial score (nSPS) is 14.0. The summed E-state index contributed by atoms with van der Waals surface area (Å²) in [5.74, 6) is 1.34. The van der Waals surface area contributed by atoms with E-state index in [4.69, 9.17) is 0 Å². The molecule has 1 aliphatic rings. The first-order valence-electron chi connectivity index (χ1n) is 9.14. The van der Waals surface area contributed by atoms with Crippen LogP contribution in [0.25, 0.3) is 0 Å². The average Bonchev–Trinajstić information content (AvgIpc) is 2.79. The fourth-order valence-electron chi connectivity index (χ4n) is 3.13. The third-order valence-corrected chi connectivity index (χ3v) is 4.74. The summed E-state index contributed by atoms with van der Waals surface area (Å²) in [5.41, 5.74) is 1.14. The maximum atomic E-state index is 12.6. The van der Waals surface area contributed by atoms with Crippen LogP contribution < -0.4 is 14.7 Å². The number of anilines is 3. The molecule has 0 spiro atoms. The minimum absolute atomic E-state index is 0.184. The van der Waals surface area contributed by atoms with Crippen LogP contribution in [0.2, 0.25) is 0 Å². The Kier molecular flexibility index (Phi) is 5.09. The second-order valence-corrected chi connectivity index (χ2v) is 6.48. The molecule has 0 unspecified atom stereocenters. The number of carbonyl (C=O) groups excluding carboxylic acids is 1. The van der Waals surface area contributed by atoms with Crippen LogP contribution in [0.3, 0.4) is 0 Å². The predicted octanol–water partition coefficient (Wildman–Crippen LogP) is 1.87. The van der Waals surface area contributed by atoms with E-state index in [1.165, 1.54) is 0 Å². The van der Waals surface area contributed by atoms with E-state index in [1.54, 1.807) is 36.7 Å². The van der Waals surface area contributed by atoms with E-state index in [2.05, 4.69) is 29.7 Å². The van der Waals surface area contributed by atoms with Crippen LogP contribution in [0, 0.1) is 0 Å². The van der Waals surface area contributed by atoms with Crippen LogP contribution in [0.1, 0.15) is 10.5 Å². The highest BCUT2D eigenvalue weighted by Crippen LogP contribution is 2.17. The Morgan fingerprint density at radius 3 is 2.18 bits per heavy atom. The molecule has 1 amide bonds. The second kappa shape index (κ2) is 7.99. The number of hydrogen-bond donors (Lipinski definition) is 0. The number of rotatable bonds is 4. The van der Waals surface area contributed by atoms with E-state index >= 15 is 0 Å². The molecule has 4 rings (SSSR count). The monoisotopic (exact) mass is 375 g/mol. The summed E-state index contributed by atoms with van der Waals surface area (Å²) in [4.78, 5) is 35.9. The standard InChI is InChI=1S/C20H21N7O/c1-25(16-6-3-2-4-7-16)19(28)17-14-24-18(15-23-17)26-10-12-27(13-11-26)20-21-8-5-9-22-20/h2-9,14-15H,10-13H2,1H3. The van der Waals surface area contributed by atoms with Crippen molar-refractivity contribution in [2.45, 2.75) is 0 Å². The zero-order valence-corrected chi connectivity index (χ0v) is 15.6. The molecule has 1 fully saturated rings. The van der Waals surface area contributed by atoms with Gasteiger partial charge in [0.05, 0.1) is 12.4 Å². The summed E-state index contributed by atoms with van der Waals surface area (Å²) < 4.78 is 0. The maximum Gasteiger partial charge on any atom is 0.278 e. The van der Waals surface area contributed by atoms with E-state index < -0.39 is 0 Å². The molecule has 0 atom stereocenters. The number of amides is 1. The molecule has 28 heavy (non-hydrogen) atoms. The molecule has 1 aromatic carbocycles. The predicted molar refractivity (Wildman–Crippen MR) is 108 cm³/mol. The topological polar surface area (TPSA) is 78.4 Å². The number of nitrogens with zero attached hydrogens (tertiary/aromatic N) is 7. The molecule has 1 saturated heterocycles. The van der Waals surface area contributed by atoms with Crippen LogP contribution in [0.4, 0.5) is 17.5 Å². The number of aromatic nitrogens is 4. The Morgan fingerprint density at radius 2 is 1.54 bits per heavy atom. The van der Waals surface area contributed by atoms with Crippen LogP contribution in [0.15, 0.2) is 61.2 Å². The lowest BCUT2D eigenvalue weighted by Gasteiger charge is -2.35.